The fraction of sp³-hybridized carbons (Fsp3) is 0.348. The highest BCUT2D eigenvalue weighted by atomic mass is 32.2. The van der Waals surface area contributed by atoms with Crippen LogP contribution in [0.5, 0.6) is 11.5 Å². The predicted molar refractivity (Wildman–Crippen MR) is 119 cm³/mol. The highest BCUT2D eigenvalue weighted by molar-refractivity contribution is 7.89. The molecule has 0 saturated carbocycles. The second-order valence-electron chi connectivity index (χ2n) is 7.37. The molecule has 0 aliphatic carbocycles. The Morgan fingerprint density at radius 3 is 2.45 bits per heavy atom. The van der Waals surface area contributed by atoms with Crippen molar-refractivity contribution >= 4 is 15.9 Å². The van der Waals surface area contributed by atoms with Gasteiger partial charge in [-0.05, 0) is 48.7 Å². The summed E-state index contributed by atoms with van der Waals surface area (Å²) in [4.78, 5) is 14.7. The van der Waals surface area contributed by atoms with E-state index in [1.807, 2.05) is 12.1 Å². The first-order valence-corrected chi connectivity index (χ1v) is 11.6. The normalized spacial score (nSPS) is 14.0. The minimum absolute atomic E-state index is 0.0595. The Morgan fingerprint density at radius 1 is 1.16 bits per heavy atom. The zero-order chi connectivity index (χ0) is 22.4. The van der Waals surface area contributed by atoms with E-state index < -0.39 is 10.0 Å². The summed E-state index contributed by atoms with van der Waals surface area (Å²) in [6.45, 7) is 5.55. The van der Waals surface area contributed by atoms with E-state index in [0.717, 1.165) is 18.4 Å². The highest BCUT2D eigenvalue weighted by Crippen LogP contribution is 2.27. The maximum absolute atomic E-state index is 13.2. The maximum Gasteiger partial charge on any atom is 0.257 e. The molecule has 1 aliphatic rings. The molecule has 1 saturated heterocycles. The Morgan fingerprint density at radius 2 is 1.84 bits per heavy atom. The van der Waals surface area contributed by atoms with Gasteiger partial charge < -0.3 is 14.4 Å². The van der Waals surface area contributed by atoms with E-state index in [1.54, 1.807) is 23.1 Å². The number of benzene rings is 2. The number of carbonyl (C=O) groups is 1. The van der Waals surface area contributed by atoms with Crippen LogP contribution in [0, 0.1) is 0 Å². The van der Waals surface area contributed by atoms with Gasteiger partial charge in [-0.25, -0.2) is 8.42 Å². The van der Waals surface area contributed by atoms with Gasteiger partial charge in [0.05, 0.1) is 17.6 Å². The fourth-order valence-corrected chi connectivity index (χ4v) is 4.66. The van der Waals surface area contributed by atoms with Crippen LogP contribution in [0.4, 0.5) is 0 Å². The molecule has 2 aromatic carbocycles. The summed E-state index contributed by atoms with van der Waals surface area (Å²) in [5.74, 6) is 0.854. The molecule has 0 unspecified atom stereocenters. The molecule has 8 heteroatoms. The van der Waals surface area contributed by atoms with Crippen molar-refractivity contribution < 1.29 is 22.7 Å². The van der Waals surface area contributed by atoms with Gasteiger partial charge in [0.25, 0.3) is 5.91 Å². The lowest BCUT2D eigenvalue weighted by atomic mass is 10.1. The van der Waals surface area contributed by atoms with Gasteiger partial charge in [0.15, 0.2) is 0 Å². The van der Waals surface area contributed by atoms with Crippen molar-refractivity contribution in [3.05, 3.63) is 66.2 Å². The Labute approximate surface area is 183 Å². The molecule has 31 heavy (non-hydrogen) atoms. The van der Waals surface area contributed by atoms with Crippen molar-refractivity contribution in [2.75, 3.05) is 33.9 Å². The van der Waals surface area contributed by atoms with Gasteiger partial charge in [-0.15, -0.1) is 0 Å². The Bertz CT molecular complexity index is 1030. The van der Waals surface area contributed by atoms with Gasteiger partial charge in [0, 0.05) is 26.7 Å². The third kappa shape index (κ3) is 5.26. The van der Waals surface area contributed by atoms with Crippen LogP contribution in [0.2, 0.25) is 0 Å². The van der Waals surface area contributed by atoms with Crippen molar-refractivity contribution in [3.63, 3.8) is 0 Å². The van der Waals surface area contributed by atoms with Crippen molar-refractivity contribution in [3.8, 4) is 11.5 Å². The van der Waals surface area contributed by atoms with E-state index in [1.165, 1.54) is 36.7 Å². The molecular formula is C23H28N2O5S. The number of sulfonamides is 1. The van der Waals surface area contributed by atoms with Crippen molar-refractivity contribution in [2.24, 2.45) is 0 Å². The minimum Gasteiger partial charge on any atom is -0.496 e. The first kappa shape index (κ1) is 22.8. The van der Waals surface area contributed by atoms with Gasteiger partial charge in [0.2, 0.25) is 10.0 Å². The Hall–Kier alpha value is -2.84. The van der Waals surface area contributed by atoms with E-state index in [9.17, 15) is 13.2 Å². The van der Waals surface area contributed by atoms with Crippen molar-refractivity contribution in [1.29, 1.82) is 0 Å². The van der Waals surface area contributed by atoms with Crippen LogP contribution in [0.25, 0.3) is 0 Å². The third-order valence-electron chi connectivity index (χ3n) is 5.20. The number of likely N-dealkylation sites (tertiary alicyclic amines) is 1. The van der Waals surface area contributed by atoms with Gasteiger partial charge in [0.1, 0.15) is 18.1 Å². The van der Waals surface area contributed by atoms with Crippen LogP contribution in [-0.4, -0.2) is 57.4 Å². The lowest BCUT2D eigenvalue weighted by Gasteiger charge is -2.20. The summed E-state index contributed by atoms with van der Waals surface area (Å²) < 4.78 is 38.4. The number of hydrogen-bond acceptors (Lipinski definition) is 5. The number of hydrogen-bond donors (Lipinski definition) is 0. The minimum atomic E-state index is -3.80. The molecule has 0 bridgehead atoms. The number of amides is 1. The number of rotatable bonds is 9. The largest absolute Gasteiger partial charge is 0.496 e. The molecule has 0 spiro atoms. The summed E-state index contributed by atoms with van der Waals surface area (Å²) in [7, 11) is -0.815. The lowest BCUT2D eigenvalue weighted by Crippen LogP contribution is -2.29. The molecule has 166 valence electrons. The number of ether oxygens (including phenoxy) is 2. The van der Waals surface area contributed by atoms with E-state index in [-0.39, 0.29) is 22.9 Å². The summed E-state index contributed by atoms with van der Waals surface area (Å²) in [5.41, 5.74) is 1.08. The monoisotopic (exact) mass is 444 g/mol. The third-order valence-corrected chi connectivity index (χ3v) is 7.00. The molecule has 1 fully saturated rings. The molecule has 0 N–H and O–H groups in total. The van der Waals surface area contributed by atoms with Crippen molar-refractivity contribution in [2.45, 2.75) is 24.3 Å². The zero-order valence-electron chi connectivity index (χ0n) is 17.9. The molecule has 3 rings (SSSR count). The van der Waals surface area contributed by atoms with Gasteiger partial charge in [-0.2, -0.15) is 4.31 Å². The quantitative estimate of drug-likeness (QED) is 0.555. The number of nitrogens with zero attached hydrogens (tertiary/aromatic N) is 2. The van der Waals surface area contributed by atoms with Crippen LogP contribution in [0.3, 0.4) is 0 Å². The number of carbonyl (C=O) groups excluding carboxylic acids is 1. The first-order chi connectivity index (χ1) is 14.9. The van der Waals surface area contributed by atoms with E-state index in [0.29, 0.717) is 31.2 Å². The van der Waals surface area contributed by atoms with Crippen LogP contribution >= 0.6 is 0 Å². The zero-order valence-corrected chi connectivity index (χ0v) is 18.7. The number of methoxy groups -OCH3 is 1. The topological polar surface area (TPSA) is 76.1 Å². The summed E-state index contributed by atoms with van der Waals surface area (Å²) in [6, 6.07) is 11.6. The van der Waals surface area contributed by atoms with Gasteiger partial charge >= 0.3 is 0 Å². The standard InChI is InChI=1S/C23H28N2O5S/c1-4-15-30-19-9-7-18(8-10-19)17-24(2)31(27,28)20-11-12-22(29-3)21(16-20)23(26)25-13-5-6-14-25/h4,7-12,16H,1,5-6,13-15,17H2,2-3H3. The maximum atomic E-state index is 13.2. The molecule has 0 atom stereocenters. The lowest BCUT2D eigenvalue weighted by molar-refractivity contribution is 0.0789. The second-order valence-corrected chi connectivity index (χ2v) is 9.41. The highest BCUT2D eigenvalue weighted by Gasteiger charge is 2.27. The Balaban J connectivity index is 1.80. The van der Waals surface area contributed by atoms with Crippen molar-refractivity contribution in [1.82, 2.24) is 9.21 Å². The van der Waals surface area contributed by atoms with E-state index in [4.69, 9.17) is 9.47 Å². The van der Waals surface area contributed by atoms with Crippen LogP contribution in [-0.2, 0) is 16.6 Å². The molecule has 7 nitrogen and oxygen atoms in total. The van der Waals surface area contributed by atoms with Crippen LogP contribution in [0.15, 0.2) is 60.0 Å². The molecular weight excluding hydrogens is 416 g/mol. The first-order valence-electron chi connectivity index (χ1n) is 10.1. The predicted octanol–water partition coefficient (Wildman–Crippen LogP) is 3.32. The molecule has 0 radical (unpaired) electrons. The fourth-order valence-electron chi connectivity index (χ4n) is 3.47. The van der Waals surface area contributed by atoms with Crippen LogP contribution < -0.4 is 9.47 Å². The van der Waals surface area contributed by atoms with E-state index in [2.05, 4.69) is 6.58 Å². The molecule has 1 aliphatic heterocycles. The molecule has 1 heterocycles. The van der Waals surface area contributed by atoms with Gasteiger partial charge in [-0.3, -0.25) is 4.79 Å². The summed E-state index contributed by atoms with van der Waals surface area (Å²) in [5, 5.41) is 0. The van der Waals surface area contributed by atoms with Crippen LogP contribution in [0.1, 0.15) is 28.8 Å². The average Bonchev–Trinajstić information content (AvgIpc) is 3.32. The van der Waals surface area contributed by atoms with E-state index >= 15 is 0 Å². The smallest absolute Gasteiger partial charge is 0.257 e. The molecule has 0 aromatic heterocycles. The van der Waals surface area contributed by atoms with Gasteiger partial charge in [-0.1, -0.05) is 24.8 Å². The SMILES string of the molecule is C=CCOc1ccc(CN(C)S(=O)(=O)c2ccc(OC)c(C(=O)N3CCCC3)c2)cc1. The summed E-state index contributed by atoms with van der Waals surface area (Å²) in [6.07, 6.45) is 3.56. The molecule has 1 amide bonds. The Kier molecular flexibility index (Phi) is 7.35. The average molecular weight is 445 g/mol. The summed E-state index contributed by atoms with van der Waals surface area (Å²) >= 11 is 0. The second kappa shape index (κ2) is 9.98. The molecule has 2 aromatic rings.